The Kier molecular flexibility index (Phi) is 3.72. The molecule has 0 aliphatic rings. The van der Waals surface area contributed by atoms with Gasteiger partial charge in [0, 0.05) is 29.5 Å². The van der Waals surface area contributed by atoms with Gasteiger partial charge < -0.3 is 10.3 Å². The molecule has 1 aromatic heterocycles. The molecule has 0 unspecified atom stereocenters. The number of aromatic nitrogens is 1. The van der Waals surface area contributed by atoms with E-state index in [4.69, 9.17) is 12.3 Å². The Labute approximate surface area is 146 Å². The highest BCUT2D eigenvalue weighted by Gasteiger charge is 2.12. The standard InChI is InChI=1S/C22H17N3/c1-24-19-10-11-22-20(13-19)21(17-8-5-9-18(23)12-17)15-25(22)14-16-6-3-2-4-7-16/h2-13,15H,14,23H2. The van der Waals surface area contributed by atoms with Crippen molar-refractivity contribution in [1.82, 2.24) is 4.57 Å². The van der Waals surface area contributed by atoms with Crippen molar-refractivity contribution in [2.45, 2.75) is 6.54 Å². The fourth-order valence-electron chi connectivity index (χ4n) is 3.20. The maximum Gasteiger partial charge on any atom is 0.188 e. The van der Waals surface area contributed by atoms with Crippen molar-refractivity contribution in [3.63, 3.8) is 0 Å². The van der Waals surface area contributed by atoms with Crippen LogP contribution in [0.15, 0.2) is 79.0 Å². The van der Waals surface area contributed by atoms with E-state index in [1.165, 1.54) is 5.56 Å². The second-order valence-corrected chi connectivity index (χ2v) is 6.09. The molecule has 0 aliphatic heterocycles. The average Bonchev–Trinajstić information content (AvgIpc) is 3.00. The summed E-state index contributed by atoms with van der Waals surface area (Å²) < 4.78 is 2.23. The van der Waals surface area contributed by atoms with Crippen molar-refractivity contribution in [3.05, 3.63) is 96.0 Å². The largest absolute Gasteiger partial charge is 0.399 e. The van der Waals surface area contributed by atoms with Crippen molar-refractivity contribution < 1.29 is 0 Å². The molecule has 4 aromatic rings. The van der Waals surface area contributed by atoms with Crippen molar-refractivity contribution in [2.75, 3.05) is 5.73 Å². The molecule has 4 rings (SSSR count). The highest BCUT2D eigenvalue weighted by Crippen LogP contribution is 2.34. The summed E-state index contributed by atoms with van der Waals surface area (Å²) in [6.07, 6.45) is 2.15. The number of benzene rings is 3. The van der Waals surface area contributed by atoms with Crippen molar-refractivity contribution in [3.8, 4) is 11.1 Å². The molecule has 25 heavy (non-hydrogen) atoms. The Hall–Kier alpha value is -3.51. The minimum absolute atomic E-state index is 0.648. The van der Waals surface area contributed by atoms with Crippen molar-refractivity contribution in [2.24, 2.45) is 0 Å². The first-order chi connectivity index (χ1) is 12.2. The molecule has 0 bridgehead atoms. The topological polar surface area (TPSA) is 35.3 Å². The molecular formula is C22H17N3. The zero-order valence-corrected chi connectivity index (χ0v) is 13.7. The third-order valence-corrected chi connectivity index (χ3v) is 4.39. The lowest BCUT2D eigenvalue weighted by molar-refractivity contribution is 0.838. The van der Waals surface area contributed by atoms with E-state index in [0.29, 0.717) is 5.69 Å². The predicted molar refractivity (Wildman–Crippen MR) is 104 cm³/mol. The van der Waals surface area contributed by atoms with Gasteiger partial charge in [-0.3, -0.25) is 0 Å². The van der Waals surface area contributed by atoms with Crippen LogP contribution in [0.25, 0.3) is 26.9 Å². The quantitative estimate of drug-likeness (QED) is 0.393. The van der Waals surface area contributed by atoms with Crippen LogP contribution >= 0.6 is 0 Å². The number of fused-ring (bicyclic) bond motifs is 1. The van der Waals surface area contributed by atoms with Gasteiger partial charge in [-0.1, -0.05) is 48.5 Å². The number of nitrogen functional groups attached to an aromatic ring is 1. The third kappa shape index (κ3) is 2.86. The molecule has 0 aliphatic carbocycles. The van der Waals surface area contributed by atoms with Crippen LogP contribution in [-0.4, -0.2) is 4.57 Å². The smallest absolute Gasteiger partial charge is 0.188 e. The van der Waals surface area contributed by atoms with Crippen LogP contribution in [0, 0.1) is 6.57 Å². The van der Waals surface area contributed by atoms with Gasteiger partial charge >= 0.3 is 0 Å². The molecule has 0 fully saturated rings. The zero-order valence-electron chi connectivity index (χ0n) is 13.7. The van der Waals surface area contributed by atoms with E-state index >= 15 is 0 Å². The summed E-state index contributed by atoms with van der Waals surface area (Å²) in [5.41, 5.74) is 11.9. The number of anilines is 1. The van der Waals surface area contributed by atoms with Gasteiger partial charge in [0.25, 0.3) is 0 Å². The highest BCUT2D eigenvalue weighted by atomic mass is 15.0. The van der Waals surface area contributed by atoms with Crippen LogP contribution < -0.4 is 5.73 Å². The Bertz CT molecular complexity index is 1090. The molecule has 1 heterocycles. The predicted octanol–water partition coefficient (Wildman–Crippen LogP) is 5.49. The molecule has 0 radical (unpaired) electrons. The average molecular weight is 323 g/mol. The van der Waals surface area contributed by atoms with Crippen molar-refractivity contribution in [1.29, 1.82) is 0 Å². The fraction of sp³-hybridized carbons (Fsp3) is 0.0455. The molecular weight excluding hydrogens is 306 g/mol. The van der Waals surface area contributed by atoms with Gasteiger partial charge in [-0.15, -0.1) is 0 Å². The summed E-state index contributed by atoms with van der Waals surface area (Å²) in [6.45, 7) is 8.10. The van der Waals surface area contributed by atoms with E-state index in [-0.39, 0.29) is 0 Å². The van der Waals surface area contributed by atoms with Gasteiger partial charge in [-0.2, -0.15) is 0 Å². The lowest BCUT2D eigenvalue weighted by atomic mass is 10.0. The molecule has 0 saturated heterocycles. The second kappa shape index (κ2) is 6.18. The van der Waals surface area contributed by atoms with E-state index in [0.717, 1.165) is 34.3 Å². The highest BCUT2D eigenvalue weighted by molar-refractivity contribution is 5.98. The number of rotatable bonds is 3. The number of nitrogens with two attached hydrogens (primary N) is 1. The van der Waals surface area contributed by atoms with Crippen LogP contribution in [0.3, 0.4) is 0 Å². The van der Waals surface area contributed by atoms with E-state index in [1.807, 2.05) is 42.5 Å². The molecule has 2 N–H and O–H groups in total. The monoisotopic (exact) mass is 323 g/mol. The summed E-state index contributed by atoms with van der Waals surface area (Å²) in [7, 11) is 0. The van der Waals surface area contributed by atoms with Crippen LogP contribution in [0.2, 0.25) is 0 Å². The van der Waals surface area contributed by atoms with Gasteiger partial charge in [-0.05, 0) is 40.8 Å². The molecule has 0 spiro atoms. The molecule has 0 amide bonds. The Balaban J connectivity index is 1.91. The summed E-state index contributed by atoms with van der Waals surface area (Å²) >= 11 is 0. The SMILES string of the molecule is [C-]#[N+]c1ccc2c(c1)c(-c1cccc(N)c1)cn2Cc1ccccc1. The van der Waals surface area contributed by atoms with Crippen LogP contribution in [0.1, 0.15) is 5.56 Å². The van der Waals surface area contributed by atoms with Gasteiger partial charge in [0.1, 0.15) is 0 Å². The maximum absolute atomic E-state index is 7.31. The van der Waals surface area contributed by atoms with Crippen LogP contribution in [0.4, 0.5) is 11.4 Å². The van der Waals surface area contributed by atoms with E-state index in [1.54, 1.807) is 0 Å². The molecule has 3 nitrogen and oxygen atoms in total. The summed E-state index contributed by atoms with van der Waals surface area (Å²) in [5, 5.41) is 1.08. The Morgan fingerprint density at radius 3 is 2.52 bits per heavy atom. The second-order valence-electron chi connectivity index (χ2n) is 6.09. The van der Waals surface area contributed by atoms with E-state index in [2.05, 4.69) is 45.9 Å². The number of nitrogens with zero attached hydrogens (tertiary/aromatic N) is 2. The van der Waals surface area contributed by atoms with Gasteiger partial charge in [-0.25, -0.2) is 4.85 Å². The molecule has 3 heteroatoms. The Morgan fingerprint density at radius 2 is 1.76 bits per heavy atom. The Morgan fingerprint density at radius 1 is 0.920 bits per heavy atom. The lowest BCUT2D eigenvalue weighted by Crippen LogP contribution is -1.97. The lowest BCUT2D eigenvalue weighted by Gasteiger charge is -2.05. The zero-order chi connectivity index (χ0) is 17.2. The molecule has 3 aromatic carbocycles. The van der Waals surface area contributed by atoms with Crippen LogP contribution in [-0.2, 0) is 6.54 Å². The summed E-state index contributed by atoms with van der Waals surface area (Å²) in [4.78, 5) is 3.58. The summed E-state index contributed by atoms with van der Waals surface area (Å²) in [5.74, 6) is 0. The van der Waals surface area contributed by atoms with E-state index in [9.17, 15) is 0 Å². The minimum atomic E-state index is 0.648. The first kappa shape index (κ1) is 15.0. The number of hydrogen-bond acceptors (Lipinski definition) is 1. The fourth-order valence-corrected chi connectivity index (χ4v) is 3.20. The molecule has 120 valence electrons. The van der Waals surface area contributed by atoms with Gasteiger partial charge in [0.2, 0.25) is 0 Å². The molecule has 0 saturated carbocycles. The van der Waals surface area contributed by atoms with Gasteiger partial charge in [0.05, 0.1) is 6.57 Å². The van der Waals surface area contributed by atoms with Crippen molar-refractivity contribution >= 4 is 22.3 Å². The van der Waals surface area contributed by atoms with Crippen LogP contribution in [0.5, 0.6) is 0 Å². The third-order valence-electron chi connectivity index (χ3n) is 4.39. The van der Waals surface area contributed by atoms with E-state index < -0.39 is 0 Å². The maximum atomic E-state index is 7.31. The summed E-state index contributed by atoms with van der Waals surface area (Å²) in [6, 6.07) is 24.1. The minimum Gasteiger partial charge on any atom is -0.399 e. The number of hydrogen-bond donors (Lipinski definition) is 1. The first-order valence-electron chi connectivity index (χ1n) is 8.15. The van der Waals surface area contributed by atoms with Gasteiger partial charge in [0.15, 0.2) is 5.69 Å². The molecule has 0 atom stereocenters. The normalized spacial score (nSPS) is 10.7. The first-order valence-corrected chi connectivity index (χ1v) is 8.15.